The van der Waals surface area contributed by atoms with Crippen molar-refractivity contribution in [2.45, 2.75) is 0 Å². The number of benzene rings is 2. The van der Waals surface area contributed by atoms with E-state index in [4.69, 9.17) is 23.2 Å². The van der Waals surface area contributed by atoms with Gasteiger partial charge in [-0.05, 0) is 24.3 Å². The first kappa shape index (κ1) is 15.2. The van der Waals surface area contributed by atoms with Crippen LogP contribution in [0.5, 0.6) is 0 Å². The molecule has 0 unspecified atom stereocenters. The van der Waals surface area contributed by atoms with Crippen LogP contribution in [-0.2, 0) is 0 Å². The number of nitrogens with one attached hydrogen (secondary N) is 1. The van der Waals surface area contributed by atoms with E-state index in [0.29, 0.717) is 14.9 Å². The van der Waals surface area contributed by atoms with Gasteiger partial charge >= 0.3 is 0 Å². The first-order valence-corrected chi connectivity index (χ1v) is 8.11. The molecule has 22 heavy (non-hydrogen) atoms. The number of thiophene rings is 1. The number of rotatable bonds is 3. The number of anilines is 1. The molecule has 0 aliphatic carbocycles. The predicted octanol–water partition coefficient (Wildman–Crippen LogP) is 4.99. The third kappa shape index (κ3) is 2.90. The van der Waals surface area contributed by atoms with Crippen molar-refractivity contribution in [3.8, 4) is 0 Å². The van der Waals surface area contributed by atoms with Crippen LogP contribution in [0.2, 0.25) is 10.0 Å². The second-order valence-electron chi connectivity index (χ2n) is 4.72. The number of carbonyl (C=O) groups excluding carboxylic acids is 1. The van der Waals surface area contributed by atoms with Gasteiger partial charge in [0.15, 0.2) is 0 Å². The maximum atomic E-state index is 12.4. The van der Waals surface area contributed by atoms with Gasteiger partial charge in [0, 0.05) is 22.2 Å². The van der Waals surface area contributed by atoms with Gasteiger partial charge in [0.1, 0.15) is 4.88 Å². The summed E-state index contributed by atoms with van der Waals surface area (Å²) >= 11 is 13.6. The molecule has 1 aromatic heterocycles. The van der Waals surface area contributed by atoms with E-state index in [1.54, 1.807) is 18.1 Å². The molecular formula is C16H12Cl2N2OS. The molecule has 1 amide bonds. The lowest BCUT2D eigenvalue weighted by molar-refractivity contribution is 0.0955. The fourth-order valence-electron chi connectivity index (χ4n) is 2.10. The van der Waals surface area contributed by atoms with Crippen molar-refractivity contribution in [3.05, 3.63) is 63.5 Å². The molecule has 0 bridgehead atoms. The molecule has 0 atom stereocenters. The molecule has 3 aromatic rings. The van der Waals surface area contributed by atoms with Gasteiger partial charge in [0.2, 0.25) is 0 Å². The van der Waals surface area contributed by atoms with Crippen molar-refractivity contribution >= 4 is 56.2 Å². The van der Waals surface area contributed by atoms with Crippen LogP contribution in [0, 0.1) is 0 Å². The summed E-state index contributed by atoms with van der Waals surface area (Å²) in [6.45, 7) is 0. The second kappa shape index (κ2) is 6.16. The number of halogens is 2. The minimum atomic E-state index is -0.242. The summed E-state index contributed by atoms with van der Waals surface area (Å²) in [5.74, 6) is -0.242. The standard InChI is InChI=1S/C16H12Cl2N2OS/c1-20(11-5-3-2-4-6-11)19-16(21)15-14(18)12-8-7-10(17)9-13(12)22-15/h2-9H,1H3,(H,19,21). The number of hydrogen-bond donors (Lipinski definition) is 1. The van der Waals surface area contributed by atoms with E-state index in [1.807, 2.05) is 42.5 Å². The second-order valence-corrected chi connectivity index (χ2v) is 6.59. The Morgan fingerprint density at radius 1 is 1.14 bits per heavy atom. The van der Waals surface area contributed by atoms with Gasteiger partial charge in [0.25, 0.3) is 5.91 Å². The fraction of sp³-hybridized carbons (Fsp3) is 0.0625. The summed E-state index contributed by atoms with van der Waals surface area (Å²) in [5.41, 5.74) is 3.70. The third-order valence-corrected chi connectivity index (χ3v) is 5.10. The smallest absolute Gasteiger partial charge is 0.281 e. The molecule has 3 rings (SSSR count). The van der Waals surface area contributed by atoms with Crippen LogP contribution in [0.1, 0.15) is 9.67 Å². The normalized spacial score (nSPS) is 10.7. The summed E-state index contributed by atoms with van der Waals surface area (Å²) in [5, 5.41) is 3.58. The van der Waals surface area contributed by atoms with E-state index < -0.39 is 0 Å². The molecule has 0 saturated carbocycles. The zero-order valence-corrected chi connectivity index (χ0v) is 14.0. The maximum absolute atomic E-state index is 12.4. The highest BCUT2D eigenvalue weighted by Crippen LogP contribution is 2.36. The van der Waals surface area contributed by atoms with E-state index in [0.717, 1.165) is 15.8 Å². The van der Waals surface area contributed by atoms with Gasteiger partial charge in [-0.3, -0.25) is 15.2 Å². The number of fused-ring (bicyclic) bond motifs is 1. The zero-order valence-electron chi connectivity index (χ0n) is 11.6. The Bertz CT molecular complexity index is 833. The van der Waals surface area contributed by atoms with Gasteiger partial charge in [-0.25, -0.2) is 0 Å². The minimum absolute atomic E-state index is 0.242. The van der Waals surface area contributed by atoms with Crippen molar-refractivity contribution < 1.29 is 4.79 Å². The number of amides is 1. The van der Waals surface area contributed by atoms with Gasteiger partial charge in [-0.15, -0.1) is 11.3 Å². The van der Waals surface area contributed by atoms with E-state index in [-0.39, 0.29) is 5.91 Å². The number of nitrogens with zero attached hydrogens (tertiary/aromatic N) is 1. The fourth-order valence-corrected chi connectivity index (χ4v) is 3.79. The van der Waals surface area contributed by atoms with Crippen molar-refractivity contribution in [1.82, 2.24) is 5.43 Å². The Morgan fingerprint density at radius 3 is 2.59 bits per heavy atom. The predicted molar refractivity (Wildman–Crippen MR) is 94.2 cm³/mol. The molecule has 1 N–H and O–H groups in total. The molecule has 3 nitrogen and oxygen atoms in total. The van der Waals surface area contributed by atoms with Crippen LogP contribution >= 0.6 is 34.5 Å². The Balaban J connectivity index is 1.88. The summed E-state index contributed by atoms with van der Waals surface area (Å²) in [4.78, 5) is 12.9. The summed E-state index contributed by atoms with van der Waals surface area (Å²) in [6, 6.07) is 15.0. The van der Waals surface area contributed by atoms with Crippen molar-refractivity contribution in [2.75, 3.05) is 12.1 Å². The summed E-state index contributed by atoms with van der Waals surface area (Å²) < 4.78 is 0.894. The lowest BCUT2D eigenvalue weighted by Crippen LogP contribution is -2.39. The summed E-state index contributed by atoms with van der Waals surface area (Å²) in [7, 11) is 1.78. The highest BCUT2D eigenvalue weighted by Gasteiger charge is 2.18. The Hall–Kier alpha value is -1.75. The van der Waals surface area contributed by atoms with E-state index in [1.165, 1.54) is 11.3 Å². The molecule has 1 heterocycles. The van der Waals surface area contributed by atoms with Crippen LogP contribution in [-0.4, -0.2) is 13.0 Å². The number of hydrogen-bond acceptors (Lipinski definition) is 3. The van der Waals surface area contributed by atoms with Crippen LogP contribution < -0.4 is 10.4 Å². The number of para-hydroxylation sites is 1. The van der Waals surface area contributed by atoms with Crippen LogP contribution in [0.4, 0.5) is 5.69 Å². The zero-order chi connectivity index (χ0) is 15.7. The van der Waals surface area contributed by atoms with Crippen LogP contribution in [0.3, 0.4) is 0 Å². The third-order valence-electron chi connectivity index (χ3n) is 3.21. The highest BCUT2D eigenvalue weighted by molar-refractivity contribution is 7.21. The van der Waals surface area contributed by atoms with E-state index in [2.05, 4.69) is 5.43 Å². The molecule has 112 valence electrons. The lowest BCUT2D eigenvalue weighted by atomic mass is 10.2. The van der Waals surface area contributed by atoms with Crippen molar-refractivity contribution in [1.29, 1.82) is 0 Å². The van der Waals surface area contributed by atoms with Crippen LogP contribution in [0.15, 0.2) is 48.5 Å². The molecule has 0 aliphatic rings. The largest absolute Gasteiger partial charge is 0.288 e. The quantitative estimate of drug-likeness (QED) is 0.675. The first-order valence-electron chi connectivity index (χ1n) is 6.53. The molecule has 6 heteroatoms. The topological polar surface area (TPSA) is 32.3 Å². The average Bonchev–Trinajstić information content (AvgIpc) is 2.84. The SMILES string of the molecule is CN(NC(=O)c1sc2cc(Cl)ccc2c1Cl)c1ccccc1. The molecule has 0 spiro atoms. The first-order chi connectivity index (χ1) is 10.6. The monoisotopic (exact) mass is 350 g/mol. The van der Waals surface area contributed by atoms with Gasteiger partial charge in [-0.2, -0.15) is 0 Å². The Morgan fingerprint density at radius 2 is 1.86 bits per heavy atom. The molecule has 0 saturated heterocycles. The maximum Gasteiger partial charge on any atom is 0.281 e. The molecule has 2 aromatic carbocycles. The highest BCUT2D eigenvalue weighted by atomic mass is 35.5. The summed E-state index contributed by atoms with van der Waals surface area (Å²) in [6.07, 6.45) is 0. The minimum Gasteiger partial charge on any atom is -0.288 e. The van der Waals surface area contributed by atoms with Crippen LogP contribution in [0.25, 0.3) is 10.1 Å². The Kier molecular flexibility index (Phi) is 4.25. The van der Waals surface area contributed by atoms with Gasteiger partial charge in [0.05, 0.1) is 10.7 Å². The molecule has 0 aliphatic heterocycles. The molecular weight excluding hydrogens is 339 g/mol. The van der Waals surface area contributed by atoms with Crippen molar-refractivity contribution in [2.24, 2.45) is 0 Å². The number of hydrazine groups is 1. The molecule has 0 fully saturated rings. The van der Waals surface area contributed by atoms with Crippen molar-refractivity contribution in [3.63, 3.8) is 0 Å². The van der Waals surface area contributed by atoms with Gasteiger partial charge in [-0.1, -0.05) is 47.5 Å². The molecule has 0 radical (unpaired) electrons. The Labute approximate surface area is 142 Å². The van der Waals surface area contributed by atoms with Gasteiger partial charge < -0.3 is 0 Å². The van der Waals surface area contributed by atoms with E-state index >= 15 is 0 Å². The van der Waals surface area contributed by atoms with E-state index in [9.17, 15) is 4.79 Å². The lowest BCUT2D eigenvalue weighted by Gasteiger charge is -2.19. The average molecular weight is 351 g/mol. The number of carbonyl (C=O) groups is 1.